The highest BCUT2D eigenvalue weighted by Crippen LogP contribution is 2.42. The lowest BCUT2D eigenvalue weighted by Crippen LogP contribution is -2.46. The van der Waals surface area contributed by atoms with Crippen LogP contribution < -0.4 is 16.9 Å². The number of ether oxygens (including phenoxy) is 2. The van der Waals surface area contributed by atoms with Crippen LogP contribution in [0.5, 0.6) is 0 Å². The number of tetrazole rings is 2. The van der Waals surface area contributed by atoms with Crippen molar-refractivity contribution in [3.63, 3.8) is 0 Å². The van der Waals surface area contributed by atoms with Gasteiger partial charge in [0.1, 0.15) is 40.0 Å². The lowest BCUT2D eigenvalue weighted by molar-refractivity contribution is -0.0528. The zero-order valence-electron chi connectivity index (χ0n) is 48.8. The fraction of sp³-hybridized carbons (Fsp3) is 0.464. The molecule has 9 heterocycles. The summed E-state index contributed by atoms with van der Waals surface area (Å²) in [5.74, 6) is -3.94. The number of halogens is 7. The number of amides is 2. The van der Waals surface area contributed by atoms with E-state index in [1.165, 1.54) is 41.4 Å². The van der Waals surface area contributed by atoms with Crippen molar-refractivity contribution in [1.29, 1.82) is 0 Å². The Morgan fingerprint density at radius 3 is 1.58 bits per heavy atom. The molecule has 0 aliphatic carbocycles. The van der Waals surface area contributed by atoms with E-state index in [2.05, 4.69) is 51.3 Å². The topological polar surface area (TPSA) is 286 Å². The second kappa shape index (κ2) is 24.4. The lowest BCUT2D eigenvalue weighted by Gasteiger charge is -2.35. The van der Waals surface area contributed by atoms with Gasteiger partial charge in [-0.15, -0.1) is 10.2 Å². The molecule has 6 aromatic rings. The van der Waals surface area contributed by atoms with Crippen LogP contribution in [0.25, 0.3) is 39.7 Å². The van der Waals surface area contributed by atoms with Crippen molar-refractivity contribution in [1.82, 2.24) is 60.2 Å². The maximum absolute atomic E-state index is 14.4. The van der Waals surface area contributed by atoms with E-state index in [4.69, 9.17) is 30.2 Å². The van der Waals surface area contributed by atoms with Gasteiger partial charge in [0.2, 0.25) is 0 Å². The molecular formula is C56H66BF7N14O9S. The van der Waals surface area contributed by atoms with E-state index in [9.17, 15) is 48.7 Å². The van der Waals surface area contributed by atoms with Crippen LogP contribution in [0.2, 0.25) is 0 Å². The van der Waals surface area contributed by atoms with Crippen LogP contribution in [0.4, 0.5) is 52.0 Å². The molecule has 23 nitrogen and oxygen atoms in total. The fourth-order valence-electron chi connectivity index (χ4n) is 10.2. The molecule has 88 heavy (non-hydrogen) atoms. The molecule has 4 aromatic heterocycles. The summed E-state index contributed by atoms with van der Waals surface area (Å²) in [6.07, 6.45) is 8.93. The van der Waals surface area contributed by atoms with Gasteiger partial charge in [0.15, 0.2) is 34.9 Å². The molecule has 5 aliphatic rings. The first kappa shape index (κ1) is 65.7. The predicted octanol–water partition coefficient (Wildman–Crippen LogP) is 9.57. The molecule has 4 atom stereocenters. The number of anilines is 2. The first-order valence-corrected chi connectivity index (χ1v) is 28.7. The van der Waals surface area contributed by atoms with Crippen molar-refractivity contribution in [3.05, 3.63) is 108 Å². The lowest BCUT2D eigenvalue weighted by atomic mass is 9.79. The third kappa shape index (κ3) is 13.7. The van der Waals surface area contributed by atoms with Gasteiger partial charge in [-0.3, -0.25) is 9.80 Å². The van der Waals surface area contributed by atoms with Crippen molar-refractivity contribution in [2.75, 3.05) is 11.5 Å². The van der Waals surface area contributed by atoms with Crippen molar-refractivity contribution in [2.45, 2.75) is 167 Å². The molecule has 32 heteroatoms. The Morgan fingerprint density at radius 1 is 0.670 bits per heavy atom. The van der Waals surface area contributed by atoms with Gasteiger partial charge >= 0.3 is 34.9 Å². The largest absolute Gasteiger partial charge is 0.534 e. The Balaban J connectivity index is 0.000000174. The Kier molecular flexibility index (Phi) is 18.2. The predicted molar refractivity (Wildman–Crippen MR) is 307 cm³/mol. The van der Waals surface area contributed by atoms with E-state index in [1.807, 2.05) is 53.4 Å². The van der Waals surface area contributed by atoms with E-state index < -0.39 is 86.6 Å². The summed E-state index contributed by atoms with van der Waals surface area (Å²) in [7, 11) is -6.36. The standard InChI is InChI=1S/C24H25F2N7O2.C18H19BF2N6O2.C13H18F3NO5S.CH4/c1-24(2,3)35-23(34)32-15-7-8-16(32)10-13(9-15)14-11-17(21(27)28-12-14)22-29-30-31-33(22)19-6-4-5-18(25)20(19)26;1-17(2)18(3,4)29-19(28-17)10-8-11(15(22)23-9-10)16-24-25-26-27(16)13-7-5-6-12(20)14(13)21;1-12(2,3)21-11(18)17-8-4-5-9(17)7-10(6-8)22-23(19,20)13(14,15)16;/h4-6,9,11-12,15-16H,7-8,10H2,1-3H3,(H2,27,28);5-9H,1-4H3,(H2,22,23);6,8-9H,4-5,7H2,1-3H3;1H4. The van der Waals surface area contributed by atoms with Crippen LogP contribution in [0.1, 0.15) is 121 Å². The number of hydrogen-bond donors (Lipinski definition) is 2. The summed E-state index contributed by atoms with van der Waals surface area (Å²) in [6, 6.07) is 9.94. The highest BCUT2D eigenvalue weighted by Gasteiger charge is 2.53. The third-order valence-electron chi connectivity index (χ3n) is 15.0. The molecule has 2 aromatic carbocycles. The van der Waals surface area contributed by atoms with Crippen molar-refractivity contribution in [2.24, 2.45) is 0 Å². The van der Waals surface area contributed by atoms with E-state index >= 15 is 0 Å². The molecule has 0 radical (unpaired) electrons. The van der Waals surface area contributed by atoms with Crippen LogP contribution in [-0.4, -0.2) is 140 Å². The minimum absolute atomic E-state index is 0. The molecule has 3 saturated heterocycles. The van der Waals surface area contributed by atoms with Gasteiger partial charge in [0.05, 0.1) is 34.4 Å². The van der Waals surface area contributed by atoms with Crippen molar-refractivity contribution >= 4 is 52.1 Å². The van der Waals surface area contributed by atoms with Gasteiger partial charge in [-0.05, 0) is 176 Å². The van der Waals surface area contributed by atoms with Gasteiger partial charge in [-0.1, -0.05) is 25.6 Å². The van der Waals surface area contributed by atoms with E-state index in [0.29, 0.717) is 35.9 Å². The summed E-state index contributed by atoms with van der Waals surface area (Å²) < 4.78 is 145. The van der Waals surface area contributed by atoms with E-state index in [1.54, 1.807) is 39.1 Å². The highest BCUT2D eigenvalue weighted by molar-refractivity contribution is 7.87. The average molecular weight is 1260 g/mol. The van der Waals surface area contributed by atoms with Crippen molar-refractivity contribution in [3.8, 4) is 34.2 Å². The smallest absolute Gasteiger partial charge is 0.444 e. The zero-order valence-corrected chi connectivity index (χ0v) is 49.6. The molecule has 4 bridgehead atoms. The fourth-order valence-corrected chi connectivity index (χ4v) is 10.7. The Morgan fingerprint density at radius 2 is 1.12 bits per heavy atom. The number of carbonyl (C=O) groups is 2. The number of aromatic nitrogens is 10. The minimum atomic E-state index is -5.69. The number of hydrogen-bond acceptors (Lipinski definition) is 19. The number of nitrogens with zero attached hydrogens (tertiary/aromatic N) is 12. The highest BCUT2D eigenvalue weighted by atomic mass is 32.2. The molecule has 0 saturated carbocycles. The monoisotopic (exact) mass is 1250 g/mol. The summed E-state index contributed by atoms with van der Waals surface area (Å²) in [4.78, 5) is 36.7. The van der Waals surface area contributed by atoms with Gasteiger partial charge in [-0.25, -0.2) is 37.1 Å². The molecule has 0 spiro atoms. The summed E-state index contributed by atoms with van der Waals surface area (Å²) >= 11 is 0. The summed E-state index contributed by atoms with van der Waals surface area (Å²) in [5, 5.41) is 22.8. The SMILES string of the molecule is C.CC(C)(C)OC(=O)N1C2C=C(OS(=O)(=O)C(F)(F)F)CC1CC2.CC(C)(C)OC(=O)N1C2C=C(c3cnc(N)c(-c4nnnn4-c4cccc(F)c4F)c3)CC1CC2.CC1(C)OB(c2cnc(N)c(-c3nnnn3-c3cccc(F)c3F)c2)OC1(C)C. The Bertz CT molecular complexity index is 3780. The number of nitrogen functional groups attached to an aromatic ring is 2. The minimum Gasteiger partial charge on any atom is -0.444 e. The molecule has 2 amide bonds. The molecule has 5 aliphatic heterocycles. The van der Waals surface area contributed by atoms with Crippen LogP contribution in [0.3, 0.4) is 0 Å². The zero-order chi connectivity index (χ0) is 63.5. The van der Waals surface area contributed by atoms with Gasteiger partial charge in [0, 0.05) is 36.4 Å². The quantitative estimate of drug-likeness (QED) is 0.0620. The first-order chi connectivity index (χ1) is 40.5. The Labute approximate surface area is 502 Å². The Hall–Kier alpha value is -8.26. The molecule has 472 valence electrons. The average Bonchev–Trinajstić information content (AvgIpc) is 1.68. The number of nitrogens with two attached hydrogens (primary N) is 2. The maximum Gasteiger partial charge on any atom is 0.534 e. The molecule has 3 fully saturated rings. The van der Waals surface area contributed by atoms with Crippen molar-refractivity contribution < 1.29 is 71.7 Å². The first-order valence-electron chi connectivity index (χ1n) is 27.3. The molecule has 4 unspecified atom stereocenters. The second-order valence-corrected chi connectivity index (χ2v) is 25.5. The number of pyridine rings is 2. The third-order valence-corrected chi connectivity index (χ3v) is 16.0. The number of carbonyl (C=O) groups excluding carboxylic acids is 2. The molecular weight excluding hydrogens is 1190 g/mol. The van der Waals surface area contributed by atoms with Gasteiger partial charge in [0.25, 0.3) is 0 Å². The number of fused-ring (bicyclic) bond motifs is 4. The van der Waals surface area contributed by atoms with E-state index in [0.717, 1.165) is 45.5 Å². The normalized spacial score (nSPS) is 20.2. The van der Waals surface area contributed by atoms with Crippen LogP contribution in [0.15, 0.2) is 78.8 Å². The molecule has 11 rings (SSSR count). The summed E-state index contributed by atoms with van der Waals surface area (Å²) in [6.45, 7) is 18.4. The number of alkyl halides is 3. The summed E-state index contributed by atoms with van der Waals surface area (Å²) in [5.41, 5.74) is 7.20. The number of benzene rings is 2. The maximum atomic E-state index is 14.4. The van der Waals surface area contributed by atoms with Crippen LogP contribution in [-0.2, 0) is 33.1 Å². The number of rotatable bonds is 8. The van der Waals surface area contributed by atoms with Gasteiger partial charge in [-0.2, -0.15) is 31.0 Å². The second-order valence-electron chi connectivity index (χ2n) is 24.0. The van der Waals surface area contributed by atoms with E-state index in [-0.39, 0.29) is 72.4 Å². The molecule has 4 N–H and O–H groups in total. The van der Waals surface area contributed by atoms with Crippen LogP contribution >= 0.6 is 0 Å². The van der Waals surface area contributed by atoms with Gasteiger partial charge < -0.3 is 34.4 Å². The van der Waals surface area contributed by atoms with Crippen LogP contribution in [0, 0.1) is 23.3 Å².